The van der Waals surface area contributed by atoms with Crippen LogP contribution in [0.25, 0.3) is 0 Å². The smallest absolute Gasteiger partial charge is 0.322 e. The normalized spacial score (nSPS) is 9.80. The van der Waals surface area contributed by atoms with Crippen molar-refractivity contribution in [3.8, 4) is 0 Å². The summed E-state index contributed by atoms with van der Waals surface area (Å²) in [5.74, 6) is -3.05. The maximum Gasteiger partial charge on any atom is 0.322 e. The summed E-state index contributed by atoms with van der Waals surface area (Å²) in [5.41, 5.74) is 0.382. The van der Waals surface area contributed by atoms with Crippen molar-refractivity contribution in [2.45, 2.75) is 6.92 Å². The van der Waals surface area contributed by atoms with Crippen molar-refractivity contribution in [3.05, 3.63) is 35.9 Å². The van der Waals surface area contributed by atoms with Crippen LogP contribution in [0, 0.1) is 0 Å². The summed E-state index contributed by atoms with van der Waals surface area (Å²) in [5, 5.41) is 12.3. The lowest BCUT2D eigenvalue weighted by Gasteiger charge is -2.18. The van der Waals surface area contributed by atoms with Crippen molar-refractivity contribution in [3.63, 3.8) is 0 Å². The lowest BCUT2D eigenvalue weighted by Crippen LogP contribution is -2.42. The number of benzene rings is 1. The maximum absolute atomic E-state index is 12.1. The summed E-state index contributed by atoms with van der Waals surface area (Å²) in [4.78, 5) is 57.1. The van der Waals surface area contributed by atoms with E-state index < -0.39 is 48.4 Å². The van der Waals surface area contributed by atoms with Gasteiger partial charge in [-0.25, -0.2) is 0 Å². The van der Waals surface area contributed by atoms with Crippen LogP contribution in [-0.4, -0.2) is 57.9 Å². The molecule has 1 aromatic rings. The maximum atomic E-state index is 12.1. The van der Waals surface area contributed by atoms with E-state index in [1.807, 2.05) is 0 Å². The topological polar surface area (TPSA) is 133 Å². The van der Waals surface area contributed by atoms with Crippen LogP contribution in [0.4, 0.5) is 0 Å². The first-order valence-corrected chi connectivity index (χ1v) is 7.87. The predicted molar refractivity (Wildman–Crippen MR) is 89.4 cm³/mol. The van der Waals surface area contributed by atoms with E-state index in [9.17, 15) is 24.0 Å². The average Bonchev–Trinajstić information content (AvgIpc) is 2.58. The molecule has 0 fully saturated rings. The molecule has 0 aromatic heterocycles. The number of hydrogen-bond acceptors (Lipinski definition) is 6. The number of nitrogens with zero attached hydrogens (tertiary/aromatic N) is 1. The molecule has 10 heteroatoms. The third-order valence-electron chi connectivity index (χ3n) is 2.72. The van der Waals surface area contributed by atoms with Gasteiger partial charge in [0.15, 0.2) is 0 Å². The molecule has 0 aliphatic carbocycles. The molecule has 0 aliphatic heterocycles. The molecule has 0 heterocycles. The number of rotatable bonds is 7. The first-order valence-electron chi connectivity index (χ1n) is 7.10. The van der Waals surface area contributed by atoms with E-state index in [2.05, 4.69) is 10.6 Å². The molecule has 0 spiro atoms. The fraction of sp³-hybridized carbons (Fsp3) is 0.267. The minimum atomic E-state index is -1.21. The number of carbonyl (C=O) groups excluding carboxylic acids is 4. The highest BCUT2D eigenvalue weighted by Crippen LogP contribution is 2.17. The van der Waals surface area contributed by atoms with Crippen molar-refractivity contribution in [2.75, 3.05) is 19.6 Å². The largest absolute Gasteiger partial charge is 0.480 e. The van der Waals surface area contributed by atoms with Crippen LogP contribution in [0.15, 0.2) is 30.3 Å². The highest BCUT2D eigenvalue weighted by atomic mass is 32.2. The monoisotopic (exact) mass is 367 g/mol. The van der Waals surface area contributed by atoms with Crippen LogP contribution in [0.3, 0.4) is 0 Å². The summed E-state index contributed by atoms with van der Waals surface area (Å²) >= 11 is 0.588. The summed E-state index contributed by atoms with van der Waals surface area (Å²) in [6.07, 6.45) is 0. The van der Waals surface area contributed by atoms with Gasteiger partial charge in [0.05, 0.1) is 6.54 Å². The number of hydrogen-bond donors (Lipinski definition) is 3. The lowest BCUT2D eigenvalue weighted by molar-refractivity contribution is -0.138. The number of amides is 3. The van der Waals surface area contributed by atoms with Crippen molar-refractivity contribution in [1.29, 1.82) is 0 Å². The van der Waals surface area contributed by atoms with E-state index in [4.69, 9.17) is 5.11 Å². The van der Waals surface area contributed by atoms with Crippen LogP contribution in [-0.2, 0) is 19.2 Å². The Labute approximate surface area is 147 Å². The van der Waals surface area contributed by atoms with E-state index in [1.165, 1.54) is 6.92 Å². The van der Waals surface area contributed by atoms with E-state index in [0.29, 0.717) is 17.5 Å². The Bertz CT molecular complexity index is 664. The molecule has 0 saturated carbocycles. The molecule has 0 unspecified atom stereocenters. The molecule has 0 bridgehead atoms. The number of nitrogens with one attached hydrogen (secondary N) is 2. The Kier molecular flexibility index (Phi) is 8.13. The third kappa shape index (κ3) is 7.97. The zero-order valence-electron chi connectivity index (χ0n) is 13.4. The molecule has 0 saturated heterocycles. The number of carboxylic acid groups (broad SMARTS) is 1. The lowest BCUT2D eigenvalue weighted by atomic mass is 10.2. The first-order chi connectivity index (χ1) is 11.8. The Morgan fingerprint density at radius 2 is 1.60 bits per heavy atom. The summed E-state index contributed by atoms with van der Waals surface area (Å²) in [6.45, 7) is -0.215. The van der Waals surface area contributed by atoms with Crippen LogP contribution < -0.4 is 10.6 Å². The second kappa shape index (κ2) is 10.1. The predicted octanol–water partition coefficient (Wildman–Crippen LogP) is -0.359. The van der Waals surface area contributed by atoms with Crippen molar-refractivity contribution >= 4 is 40.8 Å². The minimum Gasteiger partial charge on any atom is -0.480 e. The quantitative estimate of drug-likeness (QED) is 0.561. The second-order valence-electron chi connectivity index (χ2n) is 4.75. The highest BCUT2D eigenvalue weighted by Gasteiger charge is 2.19. The molecule has 25 heavy (non-hydrogen) atoms. The van der Waals surface area contributed by atoms with Gasteiger partial charge in [0, 0.05) is 24.4 Å². The molecule has 3 amide bonds. The summed E-state index contributed by atoms with van der Waals surface area (Å²) in [6, 6.07) is 8.26. The summed E-state index contributed by atoms with van der Waals surface area (Å²) < 4.78 is 0.972. The molecule has 1 aromatic carbocycles. The zero-order valence-corrected chi connectivity index (χ0v) is 14.2. The third-order valence-corrected chi connectivity index (χ3v) is 3.73. The van der Waals surface area contributed by atoms with Crippen molar-refractivity contribution in [1.82, 2.24) is 14.9 Å². The van der Waals surface area contributed by atoms with Gasteiger partial charge in [-0.15, -0.1) is 0 Å². The van der Waals surface area contributed by atoms with Gasteiger partial charge in [0.2, 0.25) is 22.8 Å². The number of aliphatic carboxylic acids is 1. The van der Waals surface area contributed by atoms with Crippen LogP contribution >= 0.6 is 11.9 Å². The van der Waals surface area contributed by atoms with E-state index in [1.54, 1.807) is 30.3 Å². The SMILES string of the molecule is CC(=O)N(CC(=O)NCC(=O)NCC(=O)O)SC(=O)c1ccccc1. The first kappa shape index (κ1) is 20.2. The number of carbonyl (C=O) groups is 5. The van der Waals surface area contributed by atoms with E-state index >= 15 is 0 Å². The molecule has 3 N–H and O–H groups in total. The van der Waals surface area contributed by atoms with Crippen LogP contribution in [0.2, 0.25) is 0 Å². The fourth-order valence-corrected chi connectivity index (χ4v) is 2.29. The fourth-order valence-electron chi connectivity index (χ4n) is 1.54. The van der Waals surface area contributed by atoms with E-state index in [0.717, 1.165) is 4.31 Å². The molecule has 0 radical (unpaired) electrons. The van der Waals surface area contributed by atoms with Crippen LogP contribution in [0.5, 0.6) is 0 Å². The number of carboxylic acids is 1. The molecular formula is C15H17N3O6S. The molecule has 9 nitrogen and oxygen atoms in total. The van der Waals surface area contributed by atoms with Gasteiger partial charge >= 0.3 is 5.97 Å². The van der Waals surface area contributed by atoms with Crippen LogP contribution in [0.1, 0.15) is 17.3 Å². The Balaban J connectivity index is 2.50. The van der Waals surface area contributed by atoms with Gasteiger partial charge < -0.3 is 15.7 Å². The Hall–Kier alpha value is -2.88. The van der Waals surface area contributed by atoms with Gasteiger partial charge in [-0.3, -0.25) is 28.3 Å². The molecular weight excluding hydrogens is 350 g/mol. The van der Waals surface area contributed by atoms with Gasteiger partial charge in [0.1, 0.15) is 13.1 Å². The van der Waals surface area contributed by atoms with Gasteiger partial charge in [-0.05, 0) is 0 Å². The van der Waals surface area contributed by atoms with E-state index in [-0.39, 0.29) is 0 Å². The highest BCUT2D eigenvalue weighted by molar-refractivity contribution is 8.12. The zero-order chi connectivity index (χ0) is 18.8. The van der Waals surface area contributed by atoms with Crippen molar-refractivity contribution < 1.29 is 29.1 Å². The molecule has 134 valence electrons. The molecule has 1 rings (SSSR count). The molecule has 0 atom stereocenters. The van der Waals surface area contributed by atoms with Crippen molar-refractivity contribution in [2.24, 2.45) is 0 Å². The summed E-state index contributed by atoms with van der Waals surface area (Å²) in [7, 11) is 0. The van der Waals surface area contributed by atoms with Gasteiger partial charge in [-0.1, -0.05) is 30.3 Å². The minimum absolute atomic E-state index is 0.382. The van der Waals surface area contributed by atoms with Gasteiger partial charge in [-0.2, -0.15) is 0 Å². The standard InChI is InChI=1S/C15H17N3O6S/c1-10(19)18(25-15(24)11-5-3-2-4-6-11)9-13(21)16-7-12(20)17-8-14(22)23/h2-6H,7-9H2,1H3,(H,16,21)(H,17,20)(H,22,23). The average molecular weight is 367 g/mol. The van der Waals surface area contributed by atoms with Gasteiger partial charge in [0.25, 0.3) is 0 Å². The Morgan fingerprint density at radius 3 is 2.16 bits per heavy atom. The Morgan fingerprint density at radius 1 is 1.00 bits per heavy atom. The second-order valence-corrected chi connectivity index (χ2v) is 5.74. The molecule has 0 aliphatic rings.